The minimum Gasteiger partial charge on any atom is -0.359 e. The van der Waals surface area contributed by atoms with Gasteiger partial charge in [-0.3, -0.25) is 0 Å². The van der Waals surface area contributed by atoms with Gasteiger partial charge in [-0.2, -0.15) is 0 Å². The summed E-state index contributed by atoms with van der Waals surface area (Å²) >= 11 is 5.83. The van der Waals surface area contributed by atoms with Gasteiger partial charge >= 0.3 is 0 Å². The molecule has 0 N–H and O–H groups in total. The van der Waals surface area contributed by atoms with E-state index >= 15 is 0 Å². The van der Waals surface area contributed by atoms with Crippen molar-refractivity contribution in [3.05, 3.63) is 12.7 Å². The molecule has 1 fully saturated rings. The molecule has 0 spiro atoms. The predicted octanol–water partition coefficient (Wildman–Crippen LogP) is 0.273. The van der Waals surface area contributed by atoms with E-state index in [1.165, 1.54) is 12.7 Å². The van der Waals surface area contributed by atoms with Crippen LogP contribution in [-0.4, -0.2) is 40.2 Å². The lowest BCUT2D eigenvalue weighted by atomic mass is 10.4. The summed E-state index contributed by atoms with van der Waals surface area (Å²) in [6.45, 7) is 2.00. The van der Waals surface area contributed by atoms with Crippen molar-refractivity contribution in [2.45, 2.75) is 5.56 Å². The summed E-state index contributed by atoms with van der Waals surface area (Å²) in [7, 11) is 0. The van der Waals surface area contributed by atoms with E-state index in [0.717, 1.165) is 6.54 Å². The van der Waals surface area contributed by atoms with Gasteiger partial charge in [-0.25, -0.2) is 15.0 Å². The van der Waals surface area contributed by atoms with Crippen LogP contribution in [0.1, 0.15) is 0 Å². The predicted molar refractivity (Wildman–Crippen MR) is 47.6 cm³/mol. The quantitative estimate of drug-likeness (QED) is 0.610. The molecule has 0 aliphatic carbocycles. The monoisotopic (exact) mass is 200 g/mol. The van der Waals surface area contributed by atoms with Gasteiger partial charge in [0.1, 0.15) is 18.2 Å². The lowest BCUT2D eigenvalue weighted by Gasteiger charge is -2.29. The molecule has 2 rings (SSSR count). The zero-order valence-corrected chi connectivity index (χ0v) is 7.68. The van der Waals surface area contributed by atoms with Crippen molar-refractivity contribution >= 4 is 17.5 Å². The topological polar surface area (TPSA) is 51.1 Å². The zero-order chi connectivity index (χ0) is 9.10. The van der Waals surface area contributed by atoms with Crippen LogP contribution in [0.4, 0.5) is 5.95 Å². The molecule has 1 aliphatic heterocycles. The van der Waals surface area contributed by atoms with Gasteiger partial charge in [-0.15, -0.1) is 0 Å². The molecule has 70 valence electrons. The van der Waals surface area contributed by atoms with Crippen molar-refractivity contribution in [1.82, 2.24) is 15.0 Å². The summed E-state index contributed by atoms with van der Waals surface area (Å²) in [6.07, 6.45) is 2.95. The van der Waals surface area contributed by atoms with E-state index in [0.29, 0.717) is 19.1 Å². The Morgan fingerprint density at radius 1 is 1.46 bits per heavy atom. The molecule has 5 nitrogen and oxygen atoms in total. The van der Waals surface area contributed by atoms with Crippen molar-refractivity contribution in [2.24, 2.45) is 0 Å². The molecule has 0 radical (unpaired) electrons. The van der Waals surface area contributed by atoms with E-state index in [9.17, 15) is 0 Å². The third kappa shape index (κ3) is 2.05. The van der Waals surface area contributed by atoms with E-state index in [1.807, 2.05) is 4.90 Å². The largest absolute Gasteiger partial charge is 0.359 e. The highest BCUT2D eigenvalue weighted by atomic mass is 35.5. The lowest BCUT2D eigenvalue weighted by Crippen LogP contribution is -2.41. The van der Waals surface area contributed by atoms with E-state index in [-0.39, 0.29) is 5.56 Å². The first kappa shape index (κ1) is 8.65. The first-order valence-corrected chi connectivity index (χ1v) is 4.42. The number of halogens is 1. The molecular formula is C7H9ClN4O. The van der Waals surface area contributed by atoms with Crippen molar-refractivity contribution in [2.75, 3.05) is 24.6 Å². The van der Waals surface area contributed by atoms with E-state index in [4.69, 9.17) is 16.3 Å². The summed E-state index contributed by atoms with van der Waals surface area (Å²) < 4.78 is 5.18. The summed E-state index contributed by atoms with van der Waals surface area (Å²) in [5.41, 5.74) is -0.273. The zero-order valence-electron chi connectivity index (χ0n) is 6.93. The Morgan fingerprint density at radius 3 is 2.92 bits per heavy atom. The summed E-state index contributed by atoms with van der Waals surface area (Å²) in [5, 5.41) is 0. The maximum absolute atomic E-state index is 5.83. The van der Waals surface area contributed by atoms with Crippen molar-refractivity contribution < 1.29 is 4.74 Å². The van der Waals surface area contributed by atoms with Crippen molar-refractivity contribution in [1.29, 1.82) is 0 Å². The molecule has 1 aromatic heterocycles. The average Bonchev–Trinajstić information content (AvgIpc) is 2.19. The lowest BCUT2D eigenvalue weighted by molar-refractivity contribution is 0.0927. The van der Waals surface area contributed by atoms with Gasteiger partial charge in [-0.05, 0) is 0 Å². The molecule has 1 saturated heterocycles. The number of rotatable bonds is 1. The number of ether oxygens (including phenoxy) is 1. The summed E-state index contributed by atoms with van der Waals surface area (Å²) in [5.74, 6) is 0.656. The van der Waals surface area contributed by atoms with Crippen LogP contribution in [0, 0.1) is 0 Å². The molecule has 1 atom stereocenters. The first-order chi connectivity index (χ1) is 6.36. The summed E-state index contributed by atoms with van der Waals surface area (Å²) in [4.78, 5) is 13.8. The number of morpholine rings is 1. The van der Waals surface area contributed by atoms with Gasteiger partial charge in [0, 0.05) is 6.54 Å². The number of hydrogen-bond donors (Lipinski definition) is 0. The summed E-state index contributed by atoms with van der Waals surface area (Å²) in [6, 6.07) is 0. The van der Waals surface area contributed by atoms with Crippen molar-refractivity contribution in [3.8, 4) is 0 Å². The number of anilines is 1. The van der Waals surface area contributed by atoms with Gasteiger partial charge in [-0.1, -0.05) is 11.6 Å². The van der Waals surface area contributed by atoms with Crippen molar-refractivity contribution in [3.63, 3.8) is 0 Å². The second-order valence-electron chi connectivity index (χ2n) is 2.67. The molecule has 1 unspecified atom stereocenters. The molecular weight excluding hydrogens is 192 g/mol. The van der Waals surface area contributed by atoms with Crippen LogP contribution in [0.2, 0.25) is 0 Å². The molecule has 13 heavy (non-hydrogen) atoms. The minimum atomic E-state index is -0.273. The highest BCUT2D eigenvalue weighted by Crippen LogP contribution is 2.12. The minimum absolute atomic E-state index is 0.273. The average molecular weight is 201 g/mol. The van der Waals surface area contributed by atoms with Crippen LogP contribution in [0.15, 0.2) is 12.7 Å². The maximum atomic E-state index is 5.83. The Bertz CT molecular complexity index is 270. The first-order valence-electron chi connectivity index (χ1n) is 3.99. The Hall–Kier alpha value is -0.940. The van der Waals surface area contributed by atoms with Gasteiger partial charge in [0.15, 0.2) is 0 Å². The van der Waals surface area contributed by atoms with Gasteiger partial charge in [0.2, 0.25) is 5.95 Å². The molecule has 1 aromatic rings. The fourth-order valence-corrected chi connectivity index (χ4v) is 1.44. The Kier molecular flexibility index (Phi) is 2.56. The number of alkyl halides is 1. The molecule has 0 aromatic carbocycles. The fourth-order valence-electron chi connectivity index (χ4n) is 1.19. The van der Waals surface area contributed by atoms with Crippen LogP contribution in [0.25, 0.3) is 0 Å². The number of hydrogen-bond acceptors (Lipinski definition) is 5. The number of nitrogens with zero attached hydrogens (tertiary/aromatic N) is 4. The molecule has 0 saturated carbocycles. The maximum Gasteiger partial charge on any atom is 0.228 e. The SMILES string of the molecule is ClC1CN(c2ncncn2)CCO1. The van der Waals surface area contributed by atoms with E-state index in [1.54, 1.807) is 0 Å². The van der Waals surface area contributed by atoms with Crippen LogP contribution in [-0.2, 0) is 4.74 Å². The normalized spacial score (nSPS) is 23.2. The van der Waals surface area contributed by atoms with Gasteiger partial charge in [0.05, 0.1) is 13.2 Å². The smallest absolute Gasteiger partial charge is 0.228 e. The van der Waals surface area contributed by atoms with Gasteiger partial charge in [0.25, 0.3) is 0 Å². The fraction of sp³-hybridized carbons (Fsp3) is 0.571. The molecule has 1 aliphatic rings. The number of aromatic nitrogens is 3. The van der Waals surface area contributed by atoms with Crippen LogP contribution in [0.3, 0.4) is 0 Å². The van der Waals surface area contributed by atoms with Crippen LogP contribution >= 0.6 is 11.6 Å². The highest BCUT2D eigenvalue weighted by Gasteiger charge is 2.19. The third-order valence-electron chi connectivity index (χ3n) is 1.79. The van der Waals surface area contributed by atoms with Gasteiger partial charge < -0.3 is 9.64 Å². The van der Waals surface area contributed by atoms with Crippen LogP contribution < -0.4 is 4.90 Å². The third-order valence-corrected chi connectivity index (χ3v) is 2.05. The molecule has 6 heteroatoms. The second-order valence-corrected chi connectivity index (χ2v) is 3.15. The standard InChI is InChI=1S/C7H9ClN4O/c8-6-3-12(1-2-13-6)7-10-4-9-5-11-7/h4-6H,1-3H2. The second kappa shape index (κ2) is 3.85. The van der Waals surface area contributed by atoms with Crippen LogP contribution in [0.5, 0.6) is 0 Å². The molecule has 2 heterocycles. The van der Waals surface area contributed by atoms with E-state index < -0.39 is 0 Å². The highest BCUT2D eigenvalue weighted by molar-refractivity contribution is 6.20. The Labute approximate surface area is 80.7 Å². The molecule has 0 bridgehead atoms. The van der Waals surface area contributed by atoms with E-state index in [2.05, 4.69) is 15.0 Å². The Balaban J connectivity index is 2.08. The Morgan fingerprint density at radius 2 is 2.23 bits per heavy atom. The molecule has 0 amide bonds.